The van der Waals surface area contributed by atoms with E-state index in [2.05, 4.69) is 5.32 Å². The highest BCUT2D eigenvalue weighted by Crippen LogP contribution is 2.26. The van der Waals surface area contributed by atoms with E-state index >= 15 is 0 Å². The van der Waals surface area contributed by atoms with Gasteiger partial charge in [0, 0.05) is 12.6 Å². The lowest BCUT2D eigenvalue weighted by atomic mass is 10.2. The average molecular weight is 396 g/mol. The fourth-order valence-electron chi connectivity index (χ4n) is 2.67. The van der Waals surface area contributed by atoms with Crippen molar-refractivity contribution in [3.05, 3.63) is 84.4 Å². The first-order valence-electron chi connectivity index (χ1n) is 8.52. The molecule has 0 heterocycles. The van der Waals surface area contributed by atoms with Gasteiger partial charge in [-0.05, 0) is 42.5 Å². The minimum Gasteiger partial charge on any atom is -0.495 e. The normalized spacial score (nSPS) is 10.9. The number of hydrogen-bond acceptors (Lipinski definition) is 4. The van der Waals surface area contributed by atoms with Crippen LogP contribution in [0.4, 0.5) is 11.4 Å². The minimum atomic E-state index is -3.72. The van der Waals surface area contributed by atoms with Gasteiger partial charge < -0.3 is 10.1 Å². The van der Waals surface area contributed by atoms with E-state index in [-0.39, 0.29) is 10.8 Å². The molecule has 0 spiro atoms. The fourth-order valence-corrected chi connectivity index (χ4v) is 3.88. The van der Waals surface area contributed by atoms with Gasteiger partial charge in [-0.1, -0.05) is 36.4 Å². The van der Waals surface area contributed by atoms with Crippen molar-refractivity contribution in [2.24, 2.45) is 0 Å². The molecule has 3 rings (SSSR count). The predicted molar refractivity (Wildman–Crippen MR) is 109 cm³/mol. The van der Waals surface area contributed by atoms with Crippen LogP contribution >= 0.6 is 0 Å². The fraction of sp³-hybridized carbons (Fsp3) is 0.0952. The van der Waals surface area contributed by atoms with Crippen LogP contribution in [0.5, 0.6) is 5.75 Å². The molecule has 0 bridgehead atoms. The van der Waals surface area contributed by atoms with E-state index < -0.39 is 10.0 Å². The Morgan fingerprint density at radius 3 is 2.32 bits per heavy atom. The van der Waals surface area contributed by atoms with Gasteiger partial charge in [0.25, 0.3) is 15.9 Å². The number of carbonyl (C=O) groups is 1. The molecular formula is C21H20N2O4S. The number of anilines is 2. The maximum atomic E-state index is 12.8. The Morgan fingerprint density at radius 1 is 0.929 bits per heavy atom. The standard InChI is InChI=1S/C21H20N2O4S/c1-23(28(25,26)18-11-4-3-5-12-18)17-10-8-9-16(15-17)21(24)22-19-13-6-7-14-20(19)27-2/h3-15H,1-2H3,(H,22,24). The number of nitrogens with one attached hydrogen (secondary N) is 1. The summed E-state index contributed by atoms with van der Waals surface area (Å²) in [6.45, 7) is 0. The van der Waals surface area contributed by atoms with Crippen LogP contribution in [0.2, 0.25) is 0 Å². The summed E-state index contributed by atoms with van der Waals surface area (Å²) in [6, 6.07) is 21.6. The molecule has 144 valence electrons. The Bertz CT molecular complexity index is 1080. The Balaban J connectivity index is 1.87. The lowest BCUT2D eigenvalue weighted by Crippen LogP contribution is -2.26. The van der Waals surface area contributed by atoms with Gasteiger partial charge in [-0.15, -0.1) is 0 Å². The number of rotatable bonds is 6. The molecule has 0 unspecified atom stereocenters. The largest absolute Gasteiger partial charge is 0.495 e. The van der Waals surface area contributed by atoms with Crippen LogP contribution in [0.3, 0.4) is 0 Å². The van der Waals surface area contributed by atoms with Crippen molar-refractivity contribution >= 4 is 27.3 Å². The van der Waals surface area contributed by atoms with Crippen LogP contribution in [0.25, 0.3) is 0 Å². The van der Waals surface area contributed by atoms with Gasteiger partial charge in [-0.3, -0.25) is 9.10 Å². The molecule has 6 nitrogen and oxygen atoms in total. The molecule has 28 heavy (non-hydrogen) atoms. The van der Waals surface area contributed by atoms with Gasteiger partial charge in [0.15, 0.2) is 0 Å². The first kappa shape index (κ1) is 19.4. The van der Waals surface area contributed by atoms with Crippen LogP contribution in [-0.2, 0) is 10.0 Å². The summed E-state index contributed by atoms with van der Waals surface area (Å²) in [5, 5.41) is 2.78. The summed E-state index contributed by atoms with van der Waals surface area (Å²) < 4.78 is 32.0. The second-order valence-corrected chi connectivity index (χ2v) is 7.96. The van der Waals surface area contributed by atoms with Crippen molar-refractivity contribution in [3.8, 4) is 5.75 Å². The molecule has 0 aliphatic rings. The monoisotopic (exact) mass is 396 g/mol. The molecule has 3 aromatic rings. The highest BCUT2D eigenvalue weighted by molar-refractivity contribution is 7.92. The van der Waals surface area contributed by atoms with Crippen molar-refractivity contribution in [2.45, 2.75) is 4.90 Å². The number of hydrogen-bond donors (Lipinski definition) is 1. The molecule has 3 aromatic carbocycles. The highest BCUT2D eigenvalue weighted by atomic mass is 32.2. The molecule has 0 aliphatic heterocycles. The van der Waals surface area contributed by atoms with Crippen molar-refractivity contribution in [1.82, 2.24) is 0 Å². The number of carbonyl (C=O) groups excluding carboxylic acids is 1. The van der Waals surface area contributed by atoms with Gasteiger partial charge in [0.05, 0.1) is 23.4 Å². The second kappa shape index (κ2) is 8.14. The van der Waals surface area contributed by atoms with Crippen LogP contribution in [0.15, 0.2) is 83.8 Å². The Morgan fingerprint density at radius 2 is 1.61 bits per heavy atom. The summed E-state index contributed by atoms with van der Waals surface area (Å²) in [5.41, 5.74) is 1.25. The number of nitrogens with zero attached hydrogens (tertiary/aromatic N) is 1. The average Bonchev–Trinajstić information content (AvgIpc) is 2.74. The molecule has 0 atom stereocenters. The molecule has 0 aliphatic carbocycles. The van der Waals surface area contributed by atoms with Gasteiger partial charge in [0.1, 0.15) is 5.75 Å². The molecule has 0 saturated carbocycles. The number of benzene rings is 3. The molecule has 0 radical (unpaired) electrons. The van der Waals surface area contributed by atoms with E-state index in [0.29, 0.717) is 22.7 Å². The summed E-state index contributed by atoms with van der Waals surface area (Å²) in [6.07, 6.45) is 0. The summed E-state index contributed by atoms with van der Waals surface area (Å²) in [4.78, 5) is 12.8. The second-order valence-electron chi connectivity index (χ2n) is 5.99. The number of sulfonamides is 1. The first-order valence-corrected chi connectivity index (χ1v) is 9.96. The quantitative estimate of drug-likeness (QED) is 0.688. The summed E-state index contributed by atoms with van der Waals surface area (Å²) in [7, 11) is -0.742. The van der Waals surface area contributed by atoms with Crippen LogP contribution in [-0.4, -0.2) is 28.5 Å². The SMILES string of the molecule is COc1ccccc1NC(=O)c1cccc(N(C)S(=O)(=O)c2ccccc2)c1. The van der Waals surface area contributed by atoms with Crippen LogP contribution < -0.4 is 14.4 Å². The van der Waals surface area contributed by atoms with Gasteiger partial charge >= 0.3 is 0 Å². The van der Waals surface area contributed by atoms with Crippen molar-refractivity contribution in [1.29, 1.82) is 0 Å². The molecular weight excluding hydrogens is 376 g/mol. The third-order valence-electron chi connectivity index (χ3n) is 4.23. The highest BCUT2D eigenvalue weighted by Gasteiger charge is 2.21. The third kappa shape index (κ3) is 3.99. The number of methoxy groups -OCH3 is 1. The number of para-hydroxylation sites is 2. The summed E-state index contributed by atoms with van der Waals surface area (Å²) in [5.74, 6) is 0.174. The minimum absolute atomic E-state index is 0.182. The van der Waals surface area contributed by atoms with E-state index in [0.717, 1.165) is 4.31 Å². The number of amides is 1. The maximum Gasteiger partial charge on any atom is 0.264 e. The first-order chi connectivity index (χ1) is 13.4. The molecule has 1 amide bonds. The maximum absolute atomic E-state index is 12.8. The third-order valence-corrected chi connectivity index (χ3v) is 6.03. The van der Waals surface area contributed by atoms with Crippen LogP contribution in [0, 0.1) is 0 Å². The Hall–Kier alpha value is -3.32. The van der Waals surface area contributed by atoms with Crippen molar-refractivity contribution in [3.63, 3.8) is 0 Å². The lowest BCUT2D eigenvalue weighted by Gasteiger charge is -2.20. The Kier molecular flexibility index (Phi) is 5.65. The molecule has 7 heteroatoms. The summed E-state index contributed by atoms with van der Waals surface area (Å²) >= 11 is 0. The molecule has 1 N–H and O–H groups in total. The van der Waals surface area contributed by atoms with E-state index in [1.165, 1.54) is 32.4 Å². The van der Waals surface area contributed by atoms with E-state index in [1.54, 1.807) is 60.7 Å². The molecule has 0 fully saturated rings. The zero-order valence-corrected chi connectivity index (χ0v) is 16.3. The van der Waals surface area contributed by atoms with Gasteiger partial charge in [0.2, 0.25) is 0 Å². The van der Waals surface area contributed by atoms with Crippen molar-refractivity contribution < 1.29 is 17.9 Å². The van der Waals surface area contributed by atoms with Gasteiger partial charge in [-0.2, -0.15) is 0 Å². The topological polar surface area (TPSA) is 75.7 Å². The van der Waals surface area contributed by atoms with E-state index in [4.69, 9.17) is 4.74 Å². The number of ether oxygens (including phenoxy) is 1. The zero-order chi connectivity index (χ0) is 20.1. The zero-order valence-electron chi connectivity index (χ0n) is 15.5. The lowest BCUT2D eigenvalue weighted by molar-refractivity contribution is 0.102. The van der Waals surface area contributed by atoms with Crippen molar-refractivity contribution in [2.75, 3.05) is 23.8 Å². The predicted octanol–water partition coefficient (Wildman–Crippen LogP) is 3.77. The molecule has 0 aromatic heterocycles. The smallest absolute Gasteiger partial charge is 0.264 e. The van der Waals surface area contributed by atoms with Crippen LogP contribution in [0.1, 0.15) is 10.4 Å². The van der Waals surface area contributed by atoms with Gasteiger partial charge in [-0.25, -0.2) is 8.42 Å². The van der Waals surface area contributed by atoms with E-state index in [1.807, 2.05) is 0 Å². The molecule has 0 saturated heterocycles. The van der Waals surface area contributed by atoms with E-state index in [9.17, 15) is 13.2 Å². The Labute approximate surface area is 164 Å².